The fourth-order valence-electron chi connectivity index (χ4n) is 1.57. The number of anilines is 2. The van der Waals surface area contributed by atoms with Crippen LogP contribution in [0.1, 0.15) is 15.9 Å². The van der Waals surface area contributed by atoms with E-state index >= 15 is 0 Å². The zero-order valence-corrected chi connectivity index (χ0v) is 11.4. The number of nitrogens with zero attached hydrogens (tertiary/aromatic N) is 1. The number of benzene rings is 1. The predicted octanol–water partition coefficient (Wildman–Crippen LogP) is 2.99. The Bertz CT molecular complexity index is 584. The van der Waals surface area contributed by atoms with E-state index in [-0.39, 0.29) is 5.91 Å². The molecular weight excluding hydrogens is 294 g/mol. The second kappa shape index (κ2) is 5.18. The van der Waals surface area contributed by atoms with Crippen molar-refractivity contribution in [3.63, 3.8) is 0 Å². The zero-order chi connectivity index (χ0) is 13.1. The molecule has 4 nitrogen and oxygen atoms in total. The summed E-state index contributed by atoms with van der Waals surface area (Å²) in [4.78, 5) is 16.1. The molecule has 0 unspecified atom stereocenters. The first-order valence-electron chi connectivity index (χ1n) is 5.35. The van der Waals surface area contributed by atoms with Crippen LogP contribution in [0.2, 0.25) is 0 Å². The molecule has 3 N–H and O–H groups in total. The van der Waals surface area contributed by atoms with E-state index in [1.807, 2.05) is 6.92 Å². The van der Waals surface area contributed by atoms with Crippen molar-refractivity contribution in [1.82, 2.24) is 4.98 Å². The quantitative estimate of drug-likeness (QED) is 0.838. The van der Waals surface area contributed by atoms with Crippen LogP contribution in [0, 0.1) is 6.92 Å². The van der Waals surface area contributed by atoms with E-state index in [9.17, 15) is 4.79 Å². The van der Waals surface area contributed by atoms with Crippen LogP contribution in [-0.4, -0.2) is 10.9 Å². The van der Waals surface area contributed by atoms with E-state index < -0.39 is 0 Å². The third-order valence-corrected chi connectivity index (χ3v) is 3.03. The van der Waals surface area contributed by atoms with E-state index in [0.717, 1.165) is 10.0 Å². The Morgan fingerprint density at radius 2 is 2.22 bits per heavy atom. The molecular formula is C13H12BrN3O. The maximum Gasteiger partial charge on any atom is 0.256 e. The molecule has 1 aromatic heterocycles. The summed E-state index contributed by atoms with van der Waals surface area (Å²) in [6.07, 6.45) is 3.24. The molecule has 0 bridgehead atoms. The molecule has 2 rings (SSSR count). The first-order valence-corrected chi connectivity index (χ1v) is 6.14. The fraction of sp³-hybridized carbons (Fsp3) is 0.0769. The highest BCUT2D eigenvalue weighted by atomic mass is 79.9. The maximum atomic E-state index is 12.1. The average molecular weight is 306 g/mol. The Morgan fingerprint density at radius 1 is 1.44 bits per heavy atom. The summed E-state index contributed by atoms with van der Waals surface area (Å²) in [5.41, 5.74) is 8.38. The number of nitrogen functional groups attached to an aromatic ring is 1. The highest BCUT2D eigenvalue weighted by Crippen LogP contribution is 2.23. The number of carbonyl (C=O) groups is 1. The molecule has 5 heteroatoms. The van der Waals surface area contributed by atoms with E-state index in [2.05, 4.69) is 26.2 Å². The molecule has 0 fully saturated rings. The van der Waals surface area contributed by atoms with Crippen molar-refractivity contribution >= 4 is 33.2 Å². The molecule has 1 aromatic carbocycles. The molecule has 2 aromatic rings. The Hall–Kier alpha value is -1.88. The van der Waals surface area contributed by atoms with Crippen LogP contribution in [0.3, 0.4) is 0 Å². The van der Waals surface area contributed by atoms with Gasteiger partial charge in [0.1, 0.15) is 0 Å². The molecule has 0 saturated carbocycles. The minimum atomic E-state index is -0.200. The van der Waals surface area contributed by atoms with Gasteiger partial charge in [-0.15, -0.1) is 0 Å². The highest BCUT2D eigenvalue weighted by Gasteiger charge is 2.12. The summed E-state index contributed by atoms with van der Waals surface area (Å²) in [5.74, 6) is -0.200. The maximum absolute atomic E-state index is 12.1. The lowest BCUT2D eigenvalue weighted by molar-refractivity contribution is 0.102. The van der Waals surface area contributed by atoms with E-state index in [1.165, 1.54) is 0 Å². The predicted molar refractivity (Wildman–Crippen MR) is 75.5 cm³/mol. The number of nitrogens with one attached hydrogen (secondary N) is 1. The molecule has 0 spiro atoms. The van der Waals surface area contributed by atoms with Gasteiger partial charge >= 0.3 is 0 Å². The largest absolute Gasteiger partial charge is 0.398 e. The number of pyridine rings is 1. The summed E-state index contributed by atoms with van der Waals surface area (Å²) in [6, 6.07) is 7.06. The van der Waals surface area contributed by atoms with Crippen LogP contribution in [0.4, 0.5) is 11.4 Å². The molecule has 1 heterocycles. The molecule has 0 aliphatic rings. The molecule has 0 saturated heterocycles. The molecule has 0 aliphatic carbocycles. The lowest BCUT2D eigenvalue weighted by Crippen LogP contribution is -2.14. The molecule has 1 amide bonds. The van der Waals surface area contributed by atoms with Crippen molar-refractivity contribution in [2.45, 2.75) is 6.92 Å². The second-order valence-electron chi connectivity index (χ2n) is 3.86. The molecule has 18 heavy (non-hydrogen) atoms. The smallest absolute Gasteiger partial charge is 0.256 e. The number of rotatable bonds is 2. The Morgan fingerprint density at radius 3 is 2.89 bits per heavy atom. The third kappa shape index (κ3) is 2.68. The van der Waals surface area contributed by atoms with E-state index in [1.54, 1.807) is 36.7 Å². The Kier molecular flexibility index (Phi) is 3.62. The van der Waals surface area contributed by atoms with Gasteiger partial charge in [0.15, 0.2) is 0 Å². The van der Waals surface area contributed by atoms with Crippen molar-refractivity contribution in [2.24, 2.45) is 0 Å². The average Bonchev–Trinajstić information content (AvgIpc) is 2.35. The van der Waals surface area contributed by atoms with Gasteiger partial charge in [0.25, 0.3) is 5.91 Å². The molecule has 0 aliphatic heterocycles. The van der Waals surface area contributed by atoms with Gasteiger partial charge in [-0.1, -0.05) is 15.9 Å². The lowest BCUT2D eigenvalue weighted by atomic mass is 10.1. The molecule has 92 valence electrons. The number of amides is 1. The number of hydrogen-bond acceptors (Lipinski definition) is 3. The van der Waals surface area contributed by atoms with Crippen molar-refractivity contribution in [3.8, 4) is 0 Å². The third-order valence-electron chi connectivity index (χ3n) is 2.58. The van der Waals surface area contributed by atoms with Crippen molar-refractivity contribution in [1.29, 1.82) is 0 Å². The molecule has 0 radical (unpaired) electrons. The zero-order valence-electron chi connectivity index (χ0n) is 9.77. The van der Waals surface area contributed by atoms with Gasteiger partial charge in [0.05, 0.1) is 11.9 Å². The minimum Gasteiger partial charge on any atom is -0.398 e. The summed E-state index contributed by atoms with van der Waals surface area (Å²) in [5, 5.41) is 2.78. The van der Waals surface area contributed by atoms with Gasteiger partial charge < -0.3 is 11.1 Å². The van der Waals surface area contributed by atoms with Gasteiger partial charge in [-0.05, 0) is 36.8 Å². The normalized spacial score (nSPS) is 10.1. The van der Waals surface area contributed by atoms with Crippen LogP contribution in [0.25, 0.3) is 0 Å². The highest BCUT2D eigenvalue weighted by molar-refractivity contribution is 9.10. The summed E-state index contributed by atoms with van der Waals surface area (Å²) in [6.45, 7) is 1.82. The minimum absolute atomic E-state index is 0.200. The van der Waals surface area contributed by atoms with E-state index in [0.29, 0.717) is 16.9 Å². The van der Waals surface area contributed by atoms with Gasteiger partial charge in [-0.25, -0.2) is 0 Å². The number of carbonyl (C=O) groups excluding carboxylic acids is 1. The summed E-state index contributed by atoms with van der Waals surface area (Å²) in [7, 11) is 0. The van der Waals surface area contributed by atoms with Crippen LogP contribution < -0.4 is 11.1 Å². The topological polar surface area (TPSA) is 68.0 Å². The van der Waals surface area contributed by atoms with Gasteiger partial charge in [0.2, 0.25) is 0 Å². The monoisotopic (exact) mass is 305 g/mol. The number of hydrogen-bond donors (Lipinski definition) is 2. The Balaban J connectivity index is 2.30. The summed E-state index contributed by atoms with van der Waals surface area (Å²) < 4.78 is 0.780. The van der Waals surface area contributed by atoms with Crippen LogP contribution in [0.5, 0.6) is 0 Å². The van der Waals surface area contributed by atoms with Crippen molar-refractivity contribution < 1.29 is 4.79 Å². The van der Waals surface area contributed by atoms with Crippen molar-refractivity contribution in [2.75, 3.05) is 11.1 Å². The summed E-state index contributed by atoms with van der Waals surface area (Å²) >= 11 is 3.33. The first-order chi connectivity index (χ1) is 8.58. The lowest BCUT2D eigenvalue weighted by Gasteiger charge is -2.10. The Labute approximate surface area is 113 Å². The molecule has 0 atom stereocenters. The van der Waals surface area contributed by atoms with Crippen molar-refractivity contribution in [3.05, 3.63) is 52.3 Å². The van der Waals surface area contributed by atoms with Gasteiger partial charge in [-0.2, -0.15) is 0 Å². The fourth-order valence-corrected chi connectivity index (χ4v) is 2.05. The van der Waals surface area contributed by atoms with E-state index in [4.69, 9.17) is 5.73 Å². The van der Waals surface area contributed by atoms with Crippen LogP contribution in [0.15, 0.2) is 41.1 Å². The van der Waals surface area contributed by atoms with Gasteiger partial charge in [-0.3, -0.25) is 9.78 Å². The van der Waals surface area contributed by atoms with Gasteiger partial charge in [0, 0.05) is 21.9 Å². The van der Waals surface area contributed by atoms with Crippen LogP contribution in [-0.2, 0) is 0 Å². The first kappa shape index (κ1) is 12.6. The van der Waals surface area contributed by atoms with Crippen LogP contribution >= 0.6 is 15.9 Å². The number of nitrogens with two attached hydrogens (primary N) is 1. The SMILES string of the molecule is Cc1c(N)cc(Br)cc1C(=O)Nc1cccnc1. The second-order valence-corrected chi connectivity index (χ2v) is 4.78. The number of halogens is 1. The number of aromatic nitrogens is 1. The standard InChI is InChI=1S/C13H12BrN3O/c1-8-11(5-9(14)6-12(8)15)13(18)17-10-3-2-4-16-7-10/h2-7H,15H2,1H3,(H,17,18).